The summed E-state index contributed by atoms with van der Waals surface area (Å²) in [4.78, 5) is 10.9. The van der Waals surface area contributed by atoms with Crippen molar-refractivity contribution in [2.24, 2.45) is 0 Å². The van der Waals surface area contributed by atoms with Gasteiger partial charge in [0.25, 0.3) is 0 Å². The van der Waals surface area contributed by atoms with E-state index in [-0.39, 0.29) is 6.61 Å². The fraction of sp³-hybridized carbons (Fsp3) is 0.364. The summed E-state index contributed by atoms with van der Waals surface area (Å²) < 4.78 is 14.8. The molecule has 1 rings (SSSR count). The van der Waals surface area contributed by atoms with Crippen molar-refractivity contribution in [2.75, 3.05) is 20.8 Å². The number of hydrogen-bond acceptors (Lipinski definition) is 4. The Hall–Kier alpha value is -1.71. The summed E-state index contributed by atoms with van der Waals surface area (Å²) in [6.07, 6.45) is 0. The SMILES string of the molecule is COC(=O)COc1ccc(C)cc1OC. The van der Waals surface area contributed by atoms with Crippen molar-refractivity contribution < 1.29 is 19.0 Å². The smallest absolute Gasteiger partial charge is 0.343 e. The van der Waals surface area contributed by atoms with E-state index >= 15 is 0 Å². The fourth-order valence-electron chi connectivity index (χ4n) is 1.09. The molecule has 1 aromatic rings. The number of esters is 1. The zero-order chi connectivity index (χ0) is 11.3. The first-order valence-electron chi connectivity index (χ1n) is 4.51. The molecule has 0 aliphatic heterocycles. The molecule has 0 saturated heterocycles. The van der Waals surface area contributed by atoms with Crippen LogP contribution in [-0.2, 0) is 9.53 Å². The van der Waals surface area contributed by atoms with Gasteiger partial charge in [-0.15, -0.1) is 0 Å². The third-order valence-electron chi connectivity index (χ3n) is 1.89. The molecular formula is C11H14O4. The number of ether oxygens (including phenoxy) is 3. The highest BCUT2D eigenvalue weighted by Crippen LogP contribution is 2.27. The molecule has 82 valence electrons. The summed E-state index contributed by atoms with van der Waals surface area (Å²) in [6.45, 7) is 1.84. The van der Waals surface area contributed by atoms with E-state index in [1.54, 1.807) is 13.2 Å². The van der Waals surface area contributed by atoms with Gasteiger partial charge in [0, 0.05) is 0 Å². The van der Waals surface area contributed by atoms with Crippen LogP contribution in [-0.4, -0.2) is 26.8 Å². The molecule has 4 nitrogen and oxygen atoms in total. The van der Waals surface area contributed by atoms with Crippen molar-refractivity contribution in [3.8, 4) is 11.5 Å². The van der Waals surface area contributed by atoms with Gasteiger partial charge in [-0.05, 0) is 24.6 Å². The van der Waals surface area contributed by atoms with Gasteiger partial charge in [-0.3, -0.25) is 0 Å². The van der Waals surface area contributed by atoms with Gasteiger partial charge in [0.2, 0.25) is 0 Å². The number of benzene rings is 1. The van der Waals surface area contributed by atoms with Crippen LogP contribution in [0, 0.1) is 6.92 Å². The zero-order valence-corrected chi connectivity index (χ0v) is 9.07. The molecule has 4 heteroatoms. The maximum Gasteiger partial charge on any atom is 0.343 e. The number of hydrogen-bond donors (Lipinski definition) is 0. The van der Waals surface area contributed by atoms with Gasteiger partial charge in [0.05, 0.1) is 14.2 Å². The molecule has 0 aliphatic rings. The van der Waals surface area contributed by atoms with E-state index in [2.05, 4.69) is 4.74 Å². The molecule has 0 bridgehead atoms. The number of aryl methyl sites for hydroxylation is 1. The molecule has 0 heterocycles. The normalized spacial score (nSPS) is 9.53. The van der Waals surface area contributed by atoms with Gasteiger partial charge in [-0.1, -0.05) is 6.07 Å². The van der Waals surface area contributed by atoms with Crippen molar-refractivity contribution in [1.82, 2.24) is 0 Å². The third-order valence-corrected chi connectivity index (χ3v) is 1.89. The summed E-state index contributed by atoms with van der Waals surface area (Å²) in [5.41, 5.74) is 1.07. The Labute approximate surface area is 88.8 Å². The predicted octanol–water partition coefficient (Wildman–Crippen LogP) is 1.56. The third kappa shape index (κ3) is 3.16. The van der Waals surface area contributed by atoms with E-state index in [0.717, 1.165) is 5.56 Å². The van der Waals surface area contributed by atoms with E-state index in [0.29, 0.717) is 11.5 Å². The number of carbonyl (C=O) groups is 1. The van der Waals surface area contributed by atoms with Crippen molar-refractivity contribution in [1.29, 1.82) is 0 Å². The molecule has 0 fully saturated rings. The molecule has 0 radical (unpaired) electrons. The minimum Gasteiger partial charge on any atom is -0.493 e. The number of rotatable bonds is 4. The van der Waals surface area contributed by atoms with Crippen LogP contribution in [0.1, 0.15) is 5.56 Å². The topological polar surface area (TPSA) is 44.8 Å². The minimum atomic E-state index is -0.419. The molecule has 0 N–H and O–H groups in total. The van der Waals surface area contributed by atoms with Crippen molar-refractivity contribution in [3.05, 3.63) is 23.8 Å². The Bertz CT molecular complexity index is 346. The Morgan fingerprint density at radius 2 is 2.00 bits per heavy atom. The van der Waals surface area contributed by atoms with Crippen molar-refractivity contribution >= 4 is 5.97 Å². The second-order valence-corrected chi connectivity index (χ2v) is 3.02. The van der Waals surface area contributed by atoms with Gasteiger partial charge in [0.1, 0.15) is 0 Å². The Morgan fingerprint density at radius 1 is 1.27 bits per heavy atom. The van der Waals surface area contributed by atoms with E-state index in [1.807, 2.05) is 19.1 Å². The van der Waals surface area contributed by atoms with E-state index < -0.39 is 5.97 Å². The first-order valence-corrected chi connectivity index (χ1v) is 4.51. The van der Waals surface area contributed by atoms with E-state index in [4.69, 9.17) is 9.47 Å². The Kier molecular flexibility index (Phi) is 3.97. The lowest BCUT2D eigenvalue weighted by Gasteiger charge is -2.09. The molecule has 15 heavy (non-hydrogen) atoms. The second-order valence-electron chi connectivity index (χ2n) is 3.02. The molecule has 0 aliphatic carbocycles. The molecule has 1 aromatic carbocycles. The first-order chi connectivity index (χ1) is 7.17. The zero-order valence-electron chi connectivity index (χ0n) is 9.07. The molecule has 0 saturated carbocycles. The van der Waals surface area contributed by atoms with Crippen LogP contribution in [0.25, 0.3) is 0 Å². The van der Waals surface area contributed by atoms with Crippen LogP contribution >= 0.6 is 0 Å². The monoisotopic (exact) mass is 210 g/mol. The summed E-state index contributed by atoms with van der Waals surface area (Å²) in [6, 6.07) is 5.48. The van der Waals surface area contributed by atoms with Gasteiger partial charge in [0.15, 0.2) is 18.1 Å². The maximum absolute atomic E-state index is 10.9. The number of carbonyl (C=O) groups excluding carboxylic acids is 1. The van der Waals surface area contributed by atoms with Crippen LogP contribution in [0.4, 0.5) is 0 Å². The summed E-state index contributed by atoms with van der Waals surface area (Å²) in [5.74, 6) is 0.727. The standard InChI is InChI=1S/C11H14O4/c1-8-4-5-9(10(6-8)13-2)15-7-11(12)14-3/h4-6H,7H2,1-3H3. The summed E-state index contributed by atoms with van der Waals surface area (Å²) >= 11 is 0. The molecule has 0 amide bonds. The molecule has 0 unspecified atom stereocenters. The summed E-state index contributed by atoms with van der Waals surface area (Å²) in [5, 5.41) is 0. The van der Waals surface area contributed by atoms with E-state index in [1.165, 1.54) is 7.11 Å². The first kappa shape index (κ1) is 11.4. The van der Waals surface area contributed by atoms with Crippen molar-refractivity contribution in [3.63, 3.8) is 0 Å². The lowest BCUT2D eigenvalue weighted by atomic mass is 10.2. The summed E-state index contributed by atoms with van der Waals surface area (Å²) in [7, 11) is 2.87. The van der Waals surface area contributed by atoms with Gasteiger partial charge >= 0.3 is 5.97 Å². The van der Waals surface area contributed by atoms with Gasteiger partial charge in [-0.25, -0.2) is 4.79 Å². The highest BCUT2D eigenvalue weighted by molar-refractivity contribution is 5.71. The largest absolute Gasteiger partial charge is 0.493 e. The molecule has 0 spiro atoms. The van der Waals surface area contributed by atoms with Crippen LogP contribution in [0.15, 0.2) is 18.2 Å². The van der Waals surface area contributed by atoms with Crippen molar-refractivity contribution in [2.45, 2.75) is 6.92 Å². The average Bonchev–Trinajstić information content (AvgIpc) is 2.26. The van der Waals surface area contributed by atoms with Crippen LogP contribution in [0.2, 0.25) is 0 Å². The lowest BCUT2D eigenvalue weighted by Crippen LogP contribution is -2.12. The predicted molar refractivity (Wildman–Crippen MR) is 55.2 cm³/mol. The van der Waals surface area contributed by atoms with Crippen LogP contribution < -0.4 is 9.47 Å². The van der Waals surface area contributed by atoms with Crippen LogP contribution in [0.5, 0.6) is 11.5 Å². The highest BCUT2D eigenvalue weighted by atomic mass is 16.6. The molecular weight excluding hydrogens is 196 g/mol. The Balaban J connectivity index is 2.72. The highest BCUT2D eigenvalue weighted by Gasteiger charge is 2.07. The van der Waals surface area contributed by atoms with Gasteiger partial charge in [-0.2, -0.15) is 0 Å². The fourth-order valence-corrected chi connectivity index (χ4v) is 1.09. The minimum absolute atomic E-state index is 0.115. The lowest BCUT2D eigenvalue weighted by molar-refractivity contribution is -0.142. The molecule has 0 atom stereocenters. The second kappa shape index (κ2) is 5.24. The van der Waals surface area contributed by atoms with E-state index in [9.17, 15) is 4.79 Å². The Morgan fingerprint density at radius 3 is 2.60 bits per heavy atom. The van der Waals surface area contributed by atoms with Gasteiger partial charge < -0.3 is 14.2 Å². The van der Waals surface area contributed by atoms with Crippen LogP contribution in [0.3, 0.4) is 0 Å². The molecule has 0 aromatic heterocycles. The quantitative estimate of drug-likeness (QED) is 0.707. The average molecular weight is 210 g/mol. The number of methoxy groups -OCH3 is 2. The maximum atomic E-state index is 10.9.